The first-order chi connectivity index (χ1) is 7.65. The van der Waals surface area contributed by atoms with E-state index in [0.717, 1.165) is 31.9 Å². The fourth-order valence-corrected chi connectivity index (χ4v) is 1.77. The largest absolute Gasteiger partial charge is 0.432 e. The van der Waals surface area contributed by atoms with Crippen LogP contribution >= 0.6 is 0 Å². The molecule has 1 aromatic heterocycles. The molecule has 2 heterocycles. The zero-order chi connectivity index (χ0) is 11.5. The Labute approximate surface area is 93.2 Å². The van der Waals surface area contributed by atoms with E-state index in [4.69, 9.17) is 0 Å². The Bertz CT molecular complexity index is 370. The Balaban J connectivity index is 1.91. The fourth-order valence-electron chi connectivity index (χ4n) is 1.77. The molecule has 0 aliphatic carbocycles. The van der Waals surface area contributed by atoms with Crippen molar-refractivity contribution in [1.82, 2.24) is 19.8 Å². The lowest BCUT2D eigenvalue weighted by molar-refractivity contribution is -0.393. The van der Waals surface area contributed by atoms with E-state index in [1.54, 1.807) is 0 Å². The van der Waals surface area contributed by atoms with Gasteiger partial charge in [-0.25, -0.2) is 4.98 Å². The molecule has 0 saturated carbocycles. The van der Waals surface area contributed by atoms with Crippen LogP contribution in [0.1, 0.15) is 5.69 Å². The van der Waals surface area contributed by atoms with E-state index < -0.39 is 4.92 Å². The van der Waals surface area contributed by atoms with Gasteiger partial charge in [-0.05, 0) is 12.0 Å². The standard InChI is InChI=1S/C9H15N5O2/c1-12-2-4-13(5-3-12)7-8-6-10-9(11-8)14(15)16/h6H,2-5,7H2,1H3,(H,10,11). The van der Waals surface area contributed by atoms with E-state index in [1.807, 2.05) is 0 Å². The third-order valence-electron chi connectivity index (χ3n) is 2.78. The highest BCUT2D eigenvalue weighted by molar-refractivity contribution is 5.10. The van der Waals surface area contributed by atoms with Gasteiger partial charge >= 0.3 is 5.95 Å². The summed E-state index contributed by atoms with van der Waals surface area (Å²) in [6.45, 7) is 4.76. The van der Waals surface area contributed by atoms with Gasteiger partial charge in [0.05, 0.1) is 6.54 Å². The van der Waals surface area contributed by atoms with Gasteiger partial charge < -0.3 is 15.0 Å². The Morgan fingerprint density at radius 3 is 2.75 bits per heavy atom. The maximum Gasteiger partial charge on any atom is 0.432 e. The van der Waals surface area contributed by atoms with Crippen molar-refractivity contribution in [2.75, 3.05) is 33.2 Å². The van der Waals surface area contributed by atoms with E-state index in [1.165, 1.54) is 6.20 Å². The summed E-state index contributed by atoms with van der Waals surface area (Å²) in [6.07, 6.45) is 1.54. The number of nitrogens with one attached hydrogen (secondary N) is 1. The number of hydrogen-bond acceptors (Lipinski definition) is 5. The van der Waals surface area contributed by atoms with Crippen LogP contribution < -0.4 is 0 Å². The highest BCUT2D eigenvalue weighted by atomic mass is 16.6. The number of aromatic amines is 1. The number of piperazine rings is 1. The molecule has 2 rings (SSSR count). The van der Waals surface area contributed by atoms with Crippen LogP contribution in [-0.2, 0) is 6.54 Å². The molecule has 1 fully saturated rings. The number of hydrogen-bond donors (Lipinski definition) is 1. The van der Waals surface area contributed by atoms with E-state index in [2.05, 4.69) is 26.8 Å². The van der Waals surface area contributed by atoms with Crippen LogP contribution in [0.3, 0.4) is 0 Å². The Morgan fingerprint density at radius 1 is 1.50 bits per heavy atom. The molecule has 1 aliphatic rings. The molecule has 1 N–H and O–H groups in total. The average molecular weight is 225 g/mol. The number of nitro groups is 1. The number of nitrogens with zero attached hydrogens (tertiary/aromatic N) is 4. The first-order valence-corrected chi connectivity index (χ1v) is 5.24. The van der Waals surface area contributed by atoms with Crippen molar-refractivity contribution in [2.24, 2.45) is 0 Å². The molecular formula is C9H15N5O2. The van der Waals surface area contributed by atoms with Gasteiger partial charge in [0.1, 0.15) is 11.9 Å². The number of rotatable bonds is 3. The van der Waals surface area contributed by atoms with Gasteiger partial charge in [0.2, 0.25) is 0 Å². The molecule has 1 aliphatic heterocycles. The van der Waals surface area contributed by atoms with E-state index in [9.17, 15) is 10.1 Å². The van der Waals surface area contributed by atoms with E-state index in [-0.39, 0.29) is 5.95 Å². The van der Waals surface area contributed by atoms with Crippen molar-refractivity contribution in [2.45, 2.75) is 6.54 Å². The average Bonchev–Trinajstić information content (AvgIpc) is 2.70. The van der Waals surface area contributed by atoms with Crippen LogP contribution in [0.25, 0.3) is 0 Å². The third kappa shape index (κ3) is 2.56. The second-order valence-electron chi connectivity index (χ2n) is 4.07. The molecule has 0 aromatic carbocycles. The normalized spacial score (nSPS) is 18.8. The molecule has 88 valence electrons. The summed E-state index contributed by atoms with van der Waals surface area (Å²) >= 11 is 0. The highest BCUT2D eigenvalue weighted by Crippen LogP contribution is 2.09. The summed E-state index contributed by atoms with van der Waals surface area (Å²) in [5.74, 6) is -0.177. The quantitative estimate of drug-likeness (QED) is 0.581. The minimum atomic E-state index is -0.506. The third-order valence-corrected chi connectivity index (χ3v) is 2.78. The van der Waals surface area contributed by atoms with Crippen molar-refractivity contribution in [3.05, 3.63) is 22.0 Å². The first kappa shape index (κ1) is 11.0. The Hall–Kier alpha value is -1.47. The molecule has 0 unspecified atom stereocenters. The maximum absolute atomic E-state index is 10.4. The second kappa shape index (κ2) is 4.58. The molecule has 7 heteroatoms. The van der Waals surface area contributed by atoms with Crippen LogP contribution in [-0.4, -0.2) is 57.9 Å². The lowest BCUT2D eigenvalue weighted by atomic mass is 10.3. The molecule has 7 nitrogen and oxygen atoms in total. The monoisotopic (exact) mass is 225 g/mol. The van der Waals surface area contributed by atoms with E-state index in [0.29, 0.717) is 6.54 Å². The molecule has 0 amide bonds. The molecule has 0 radical (unpaired) electrons. The number of aromatic nitrogens is 2. The van der Waals surface area contributed by atoms with Crippen molar-refractivity contribution in [3.8, 4) is 0 Å². The van der Waals surface area contributed by atoms with Gasteiger partial charge in [0.15, 0.2) is 0 Å². The molecule has 0 bridgehead atoms. The second-order valence-corrected chi connectivity index (χ2v) is 4.07. The van der Waals surface area contributed by atoms with Crippen LogP contribution in [0.2, 0.25) is 0 Å². The van der Waals surface area contributed by atoms with Crippen molar-refractivity contribution in [3.63, 3.8) is 0 Å². The number of likely N-dealkylation sites (N-methyl/N-ethyl adjacent to an activating group) is 1. The van der Waals surface area contributed by atoms with Gasteiger partial charge in [-0.15, -0.1) is 0 Å². The smallest absolute Gasteiger partial charge is 0.390 e. The van der Waals surface area contributed by atoms with Gasteiger partial charge in [-0.3, -0.25) is 4.90 Å². The predicted molar refractivity (Wildman–Crippen MR) is 58.0 cm³/mol. The zero-order valence-electron chi connectivity index (χ0n) is 9.22. The lowest BCUT2D eigenvalue weighted by Crippen LogP contribution is -2.43. The topological polar surface area (TPSA) is 78.3 Å². The summed E-state index contributed by atoms with van der Waals surface area (Å²) in [4.78, 5) is 20.9. The predicted octanol–water partition coefficient (Wildman–Crippen LogP) is 0.0653. The summed E-state index contributed by atoms with van der Waals surface area (Å²) < 4.78 is 0. The van der Waals surface area contributed by atoms with Gasteiger partial charge in [-0.1, -0.05) is 4.98 Å². The minimum absolute atomic E-state index is 0.177. The molecule has 0 atom stereocenters. The number of H-pyrrole nitrogens is 1. The minimum Gasteiger partial charge on any atom is -0.390 e. The van der Waals surface area contributed by atoms with Gasteiger partial charge in [0, 0.05) is 26.2 Å². The van der Waals surface area contributed by atoms with Gasteiger partial charge in [0.25, 0.3) is 0 Å². The molecule has 0 spiro atoms. The van der Waals surface area contributed by atoms with Crippen LogP contribution in [0.5, 0.6) is 0 Å². The molecule has 1 aromatic rings. The molecule has 16 heavy (non-hydrogen) atoms. The van der Waals surface area contributed by atoms with Crippen molar-refractivity contribution < 1.29 is 4.92 Å². The number of imidazole rings is 1. The first-order valence-electron chi connectivity index (χ1n) is 5.24. The lowest BCUT2D eigenvalue weighted by Gasteiger charge is -2.31. The van der Waals surface area contributed by atoms with Gasteiger partial charge in [-0.2, -0.15) is 0 Å². The molecular weight excluding hydrogens is 210 g/mol. The maximum atomic E-state index is 10.4. The highest BCUT2D eigenvalue weighted by Gasteiger charge is 2.17. The fraction of sp³-hybridized carbons (Fsp3) is 0.667. The van der Waals surface area contributed by atoms with Crippen molar-refractivity contribution >= 4 is 5.95 Å². The zero-order valence-corrected chi connectivity index (χ0v) is 9.22. The van der Waals surface area contributed by atoms with Crippen LogP contribution in [0.15, 0.2) is 6.20 Å². The Kier molecular flexibility index (Phi) is 3.16. The SMILES string of the molecule is CN1CCN(Cc2cnc([N+](=O)[O-])[nH]2)CC1. The summed E-state index contributed by atoms with van der Waals surface area (Å²) in [7, 11) is 2.10. The summed E-state index contributed by atoms with van der Waals surface area (Å²) in [5.41, 5.74) is 0.802. The van der Waals surface area contributed by atoms with E-state index >= 15 is 0 Å². The van der Waals surface area contributed by atoms with Crippen LogP contribution in [0.4, 0.5) is 5.95 Å². The summed E-state index contributed by atoms with van der Waals surface area (Å²) in [6, 6.07) is 0. The van der Waals surface area contributed by atoms with Crippen molar-refractivity contribution in [1.29, 1.82) is 0 Å². The Morgan fingerprint density at radius 2 is 2.19 bits per heavy atom. The van der Waals surface area contributed by atoms with Crippen LogP contribution in [0, 0.1) is 10.1 Å². The summed E-state index contributed by atoms with van der Waals surface area (Å²) in [5, 5.41) is 10.4. The molecule has 1 saturated heterocycles.